The summed E-state index contributed by atoms with van der Waals surface area (Å²) in [4.78, 5) is 11.8. The van der Waals surface area contributed by atoms with Crippen molar-refractivity contribution in [1.82, 2.24) is 20.6 Å². The molecule has 0 aliphatic rings. The third-order valence-corrected chi connectivity index (χ3v) is 3.82. The van der Waals surface area contributed by atoms with Crippen LogP contribution in [0.15, 0.2) is 42.0 Å². The van der Waals surface area contributed by atoms with E-state index in [0.29, 0.717) is 18.7 Å². The number of tetrazole rings is 1. The summed E-state index contributed by atoms with van der Waals surface area (Å²) in [6.45, 7) is 4.02. The Morgan fingerprint density at radius 2 is 2.04 bits per heavy atom. The molecule has 1 aromatic heterocycles. The molecule has 0 fully saturated rings. The van der Waals surface area contributed by atoms with Gasteiger partial charge < -0.3 is 5.11 Å². The Balaban J connectivity index is 2.22. The second-order valence-electron chi connectivity index (χ2n) is 5.87. The van der Waals surface area contributed by atoms with Crippen LogP contribution in [0.2, 0.25) is 0 Å². The van der Waals surface area contributed by atoms with Gasteiger partial charge in [0.1, 0.15) is 0 Å². The molecule has 6 nitrogen and oxygen atoms in total. The van der Waals surface area contributed by atoms with E-state index in [9.17, 15) is 9.90 Å². The molecule has 2 atom stereocenters. The molecule has 0 aliphatic heterocycles. The smallest absolute Gasteiger partial charge is 0.307 e. The fraction of sp³-hybridized carbons (Fsp3) is 0.412. The van der Waals surface area contributed by atoms with Crippen LogP contribution in [0.4, 0.5) is 0 Å². The summed E-state index contributed by atoms with van der Waals surface area (Å²) in [7, 11) is 0. The van der Waals surface area contributed by atoms with Crippen molar-refractivity contribution in [2.75, 3.05) is 0 Å². The minimum Gasteiger partial charge on any atom is -0.481 e. The Kier molecular flexibility index (Phi) is 6.02. The summed E-state index contributed by atoms with van der Waals surface area (Å²) in [5.41, 5.74) is 2.25. The molecule has 122 valence electrons. The molecule has 0 bridgehead atoms. The first-order chi connectivity index (χ1) is 11.1. The summed E-state index contributed by atoms with van der Waals surface area (Å²) < 4.78 is 0. The predicted molar refractivity (Wildman–Crippen MR) is 86.9 cm³/mol. The van der Waals surface area contributed by atoms with Crippen LogP contribution in [0.25, 0.3) is 0 Å². The van der Waals surface area contributed by atoms with Gasteiger partial charge in [-0.3, -0.25) is 4.79 Å². The number of rotatable bonds is 8. The van der Waals surface area contributed by atoms with Crippen molar-refractivity contribution < 1.29 is 9.90 Å². The maximum atomic E-state index is 11.8. The number of carboxylic acids is 1. The highest BCUT2D eigenvalue weighted by molar-refractivity contribution is 5.71. The zero-order valence-corrected chi connectivity index (χ0v) is 13.4. The lowest BCUT2D eigenvalue weighted by Crippen LogP contribution is -2.25. The predicted octanol–water partition coefficient (Wildman–Crippen LogP) is 2.97. The number of allylic oxidation sites excluding steroid dienone is 2. The Labute approximate surface area is 135 Å². The van der Waals surface area contributed by atoms with Crippen molar-refractivity contribution >= 4 is 5.97 Å². The fourth-order valence-electron chi connectivity index (χ4n) is 2.66. The lowest BCUT2D eigenvalue weighted by Gasteiger charge is -2.21. The van der Waals surface area contributed by atoms with Gasteiger partial charge in [0.2, 0.25) is 0 Å². The standard InChI is InChI=1S/C17H22N4O2/c1-12(2)7-6-10-14(17(22)23)15(16-18-20-21-19-16)11-13-8-4-3-5-9-13/h3-5,7-9,14-15H,6,10-11H2,1-2H3,(H,22,23)(H,18,19,20,21)/t14-,15+/m1/s1. The first-order valence-electron chi connectivity index (χ1n) is 7.71. The number of carboxylic acid groups (broad SMARTS) is 1. The summed E-state index contributed by atoms with van der Waals surface area (Å²) in [6.07, 6.45) is 3.91. The average Bonchev–Trinajstić information content (AvgIpc) is 3.04. The van der Waals surface area contributed by atoms with Gasteiger partial charge in [-0.05, 0) is 38.7 Å². The number of benzene rings is 1. The van der Waals surface area contributed by atoms with Crippen molar-refractivity contribution in [2.24, 2.45) is 5.92 Å². The summed E-state index contributed by atoms with van der Waals surface area (Å²) in [6, 6.07) is 9.81. The molecule has 1 aromatic carbocycles. The van der Waals surface area contributed by atoms with E-state index in [0.717, 1.165) is 12.0 Å². The molecule has 0 spiro atoms. The van der Waals surface area contributed by atoms with Crippen molar-refractivity contribution in [3.63, 3.8) is 0 Å². The van der Waals surface area contributed by atoms with Crippen molar-refractivity contribution in [3.05, 3.63) is 53.4 Å². The summed E-state index contributed by atoms with van der Waals surface area (Å²) in [5, 5.41) is 23.8. The van der Waals surface area contributed by atoms with E-state index in [2.05, 4.69) is 26.7 Å². The SMILES string of the molecule is CC(C)=CCC[C@@H](C(=O)O)[C@H](Cc1ccccc1)c1nn[nH]n1. The lowest BCUT2D eigenvalue weighted by molar-refractivity contribution is -0.142. The van der Waals surface area contributed by atoms with Gasteiger partial charge in [0, 0.05) is 5.92 Å². The van der Waals surface area contributed by atoms with Crippen molar-refractivity contribution in [1.29, 1.82) is 0 Å². The van der Waals surface area contributed by atoms with Gasteiger partial charge in [-0.25, -0.2) is 0 Å². The zero-order valence-electron chi connectivity index (χ0n) is 13.4. The molecule has 0 unspecified atom stereocenters. The molecule has 2 N–H and O–H groups in total. The number of hydrogen-bond acceptors (Lipinski definition) is 4. The van der Waals surface area contributed by atoms with Crippen LogP contribution in [0.1, 0.15) is 44.0 Å². The number of aromatic nitrogens is 4. The minimum atomic E-state index is -0.821. The van der Waals surface area contributed by atoms with Gasteiger partial charge in [0.15, 0.2) is 5.82 Å². The third-order valence-electron chi connectivity index (χ3n) is 3.82. The second-order valence-corrected chi connectivity index (χ2v) is 5.87. The molecule has 0 amide bonds. The molecule has 0 saturated heterocycles. The Morgan fingerprint density at radius 3 is 2.61 bits per heavy atom. The van der Waals surface area contributed by atoms with E-state index < -0.39 is 11.9 Å². The van der Waals surface area contributed by atoms with E-state index in [-0.39, 0.29) is 5.92 Å². The van der Waals surface area contributed by atoms with Gasteiger partial charge in [-0.2, -0.15) is 5.21 Å². The monoisotopic (exact) mass is 314 g/mol. The Morgan fingerprint density at radius 1 is 1.30 bits per heavy atom. The maximum Gasteiger partial charge on any atom is 0.307 e. The number of aromatic amines is 1. The summed E-state index contributed by atoms with van der Waals surface area (Å²) >= 11 is 0. The topological polar surface area (TPSA) is 91.8 Å². The zero-order chi connectivity index (χ0) is 16.7. The molecule has 0 radical (unpaired) electrons. The highest BCUT2D eigenvalue weighted by Gasteiger charge is 2.32. The molecule has 2 aromatic rings. The van der Waals surface area contributed by atoms with Gasteiger partial charge in [-0.1, -0.05) is 47.2 Å². The van der Waals surface area contributed by atoms with Crippen LogP contribution < -0.4 is 0 Å². The van der Waals surface area contributed by atoms with Crippen LogP contribution in [0.5, 0.6) is 0 Å². The number of nitrogens with zero attached hydrogens (tertiary/aromatic N) is 3. The fourth-order valence-corrected chi connectivity index (χ4v) is 2.66. The average molecular weight is 314 g/mol. The van der Waals surface area contributed by atoms with Gasteiger partial charge in [0.05, 0.1) is 5.92 Å². The quantitative estimate of drug-likeness (QED) is 0.731. The molecule has 23 heavy (non-hydrogen) atoms. The van der Waals surface area contributed by atoms with E-state index in [1.54, 1.807) is 0 Å². The van der Waals surface area contributed by atoms with Crippen LogP contribution in [0.3, 0.4) is 0 Å². The van der Waals surface area contributed by atoms with Gasteiger partial charge in [-0.15, -0.1) is 10.2 Å². The number of aliphatic carboxylic acids is 1. The molecule has 1 heterocycles. The highest BCUT2D eigenvalue weighted by Crippen LogP contribution is 2.30. The minimum absolute atomic E-state index is 0.306. The van der Waals surface area contributed by atoms with Crippen LogP contribution >= 0.6 is 0 Å². The first kappa shape index (κ1) is 16.9. The second kappa shape index (κ2) is 8.22. The van der Waals surface area contributed by atoms with Crippen LogP contribution in [-0.2, 0) is 11.2 Å². The number of carbonyl (C=O) groups is 1. The molecular formula is C17H22N4O2. The van der Waals surface area contributed by atoms with E-state index in [4.69, 9.17) is 0 Å². The van der Waals surface area contributed by atoms with Gasteiger partial charge in [0.25, 0.3) is 0 Å². The lowest BCUT2D eigenvalue weighted by atomic mass is 9.83. The van der Waals surface area contributed by atoms with Crippen molar-refractivity contribution in [3.8, 4) is 0 Å². The maximum absolute atomic E-state index is 11.8. The van der Waals surface area contributed by atoms with Gasteiger partial charge >= 0.3 is 5.97 Å². The van der Waals surface area contributed by atoms with E-state index in [1.807, 2.05) is 44.2 Å². The van der Waals surface area contributed by atoms with Crippen LogP contribution in [-0.4, -0.2) is 31.7 Å². The molecule has 0 saturated carbocycles. The molecule has 6 heteroatoms. The highest BCUT2D eigenvalue weighted by atomic mass is 16.4. The molecule has 0 aliphatic carbocycles. The Bertz CT molecular complexity index is 634. The molecule has 2 rings (SSSR count). The Hall–Kier alpha value is -2.50. The third kappa shape index (κ3) is 5.02. The number of nitrogens with one attached hydrogen (secondary N) is 1. The van der Waals surface area contributed by atoms with Crippen LogP contribution in [0, 0.1) is 5.92 Å². The number of H-pyrrole nitrogens is 1. The molecular weight excluding hydrogens is 292 g/mol. The van der Waals surface area contributed by atoms with E-state index in [1.165, 1.54) is 5.57 Å². The summed E-state index contributed by atoms with van der Waals surface area (Å²) in [5.74, 6) is -1.22. The normalized spacial score (nSPS) is 13.3. The largest absolute Gasteiger partial charge is 0.481 e. The first-order valence-corrected chi connectivity index (χ1v) is 7.71. The number of hydrogen-bond donors (Lipinski definition) is 2. The van der Waals surface area contributed by atoms with E-state index >= 15 is 0 Å². The van der Waals surface area contributed by atoms with Crippen molar-refractivity contribution in [2.45, 2.75) is 39.0 Å².